The molecule has 17 heavy (non-hydrogen) atoms. The first-order valence-corrected chi connectivity index (χ1v) is 6.87. The van der Waals surface area contributed by atoms with Crippen molar-refractivity contribution in [2.45, 2.75) is 25.0 Å². The van der Waals surface area contributed by atoms with Crippen LogP contribution in [0.2, 0.25) is 0 Å². The van der Waals surface area contributed by atoms with Crippen LogP contribution in [-0.4, -0.2) is 30.0 Å². The number of anilines is 2. The van der Waals surface area contributed by atoms with Crippen LogP contribution in [0.4, 0.5) is 11.4 Å². The molecule has 0 aromatic heterocycles. The lowest BCUT2D eigenvalue weighted by atomic mass is 10.2. The van der Waals surface area contributed by atoms with Crippen molar-refractivity contribution in [1.29, 1.82) is 0 Å². The van der Waals surface area contributed by atoms with Gasteiger partial charge in [-0.2, -0.15) is 0 Å². The molecule has 1 aromatic rings. The molecule has 1 aliphatic heterocycles. The first-order valence-electron chi connectivity index (χ1n) is 5.88. The second-order valence-corrected chi connectivity index (χ2v) is 5.04. The third kappa shape index (κ3) is 2.30. The molecule has 2 rings (SSSR count). The molecule has 0 saturated heterocycles. The van der Waals surface area contributed by atoms with E-state index in [1.807, 2.05) is 6.07 Å². The predicted octanol–water partition coefficient (Wildman–Crippen LogP) is 2.00. The summed E-state index contributed by atoms with van der Waals surface area (Å²) in [5.41, 5.74) is 13.3. The first kappa shape index (κ1) is 12.4. The summed E-state index contributed by atoms with van der Waals surface area (Å²) >= 11 is 1.72. The molecule has 5 heteroatoms. The first-order chi connectivity index (χ1) is 8.17. The Balaban J connectivity index is 2.26. The number of hydrogen-bond donors (Lipinski definition) is 2. The summed E-state index contributed by atoms with van der Waals surface area (Å²) in [6, 6.07) is 3.64. The van der Waals surface area contributed by atoms with E-state index in [4.69, 9.17) is 16.2 Å². The van der Waals surface area contributed by atoms with Gasteiger partial charge < -0.3 is 16.2 Å². The van der Waals surface area contributed by atoms with Gasteiger partial charge >= 0.3 is 0 Å². The molecule has 1 unspecified atom stereocenters. The van der Waals surface area contributed by atoms with Crippen molar-refractivity contribution in [2.75, 3.05) is 30.3 Å². The number of benzene rings is 1. The standard InChI is InChI=1S/C12H19N3OS/c1-3-15(4-2)10-7-17-12-9(14)6-5-8(13)11(12)16-10/h5-6,10H,3-4,7,13-14H2,1-2H3. The molecule has 0 saturated carbocycles. The molecule has 1 heterocycles. The fourth-order valence-electron chi connectivity index (χ4n) is 2.00. The minimum atomic E-state index is 0.0894. The van der Waals surface area contributed by atoms with Crippen LogP contribution in [0.25, 0.3) is 0 Å². The fraction of sp³-hybridized carbons (Fsp3) is 0.500. The number of rotatable bonds is 3. The van der Waals surface area contributed by atoms with Gasteiger partial charge in [-0.3, -0.25) is 4.90 Å². The zero-order chi connectivity index (χ0) is 12.4. The molecule has 1 aromatic carbocycles. The fourth-order valence-corrected chi connectivity index (χ4v) is 3.12. The van der Waals surface area contributed by atoms with Gasteiger partial charge in [0.1, 0.15) is 0 Å². The van der Waals surface area contributed by atoms with Crippen molar-refractivity contribution >= 4 is 23.1 Å². The topological polar surface area (TPSA) is 64.5 Å². The molecule has 0 bridgehead atoms. The molecule has 4 nitrogen and oxygen atoms in total. The van der Waals surface area contributed by atoms with Gasteiger partial charge in [-0.1, -0.05) is 13.8 Å². The quantitative estimate of drug-likeness (QED) is 0.807. The number of ether oxygens (including phenoxy) is 1. The highest BCUT2D eigenvalue weighted by Crippen LogP contribution is 2.43. The normalized spacial score (nSPS) is 18.9. The molecule has 0 radical (unpaired) electrons. The van der Waals surface area contributed by atoms with Crippen LogP contribution >= 0.6 is 11.8 Å². The summed E-state index contributed by atoms with van der Waals surface area (Å²) in [6.07, 6.45) is 0.0894. The van der Waals surface area contributed by atoms with Crippen molar-refractivity contribution in [3.63, 3.8) is 0 Å². The van der Waals surface area contributed by atoms with Crippen LogP contribution in [-0.2, 0) is 0 Å². The number of hydrogen-bond acceptors (Lipinski definition) is 5. The Morgan fingerprint density at radius 1 is 1.29 bits per heavy atom. The molecular weight excluding hydrogens is 234 g/mol. The highest BCUT2D eigenvalue weighted by atomic mass is 32.2. The lowest BCUT2D eigenvalue weighted by molar-refractivity contribution is 0.0475. The average Bonchev–Trinajstić information content (AvgIpc) is 2.36. The summed E-state index contributed by atoms with van der Waals surface area (Å²) in [4.78, 5) is 3.26. The zero-order valence-corrected chi connectivity index (χ0v) is 11.1. The molecule has 94 valence electrons. The Hall–Kier alpha value is -1.07. The van der Waals surface area contributed by atoms with Crippen molar-refractivity contribution in [3.8, 4) is 5.75 Å². The van der Waals surface area contributed by atoms with Gasteiger partial charge in [0.05, 0.1) is 10.6 Å². The maximum absolute atomic E-state index is 5.99. The van der Waals surface area contributed by atoms with E-state index in [2.05, 4.69) is 18.7 Å². The summed E-state index contributed by atoms with van der Waals surface area (Å²) in [7, 11) is 0. The van der Waals surface area contributed by atoms with Gasteiger partial charge in [-0.05, 0) is 25.2 Å². The lowest BCUT2D eigenvalue weighted by Gasteiger charge is -2.34. The Kier molecular flexibility index (Phi) is 3.69. The zero-order valence-electron chi connectivity index (χ0n) is 10.3. The van der Waals surface area contributed by atoms with Crippen LogP contribution in [0.5, 0.6) is 5.75 Å². The van der Waals surface area contributed by atoms with Crippen LogP contribution in [0, 0.1) is 0 Å². The van der Waals surface area contributed by atoms with E-state index < -0.39 is 0 Å². The predicted molar refractivity (Wildman–Crippen MR) is 73.3 cm³/mol. The van der Waals surface area contributed by atoms with Gasteiger partial charge in [0, 0.05) is 11.4 Å². The molecule has 0 amide bonds. The Morgan fingerprint density at radius 2 is 1.94 bits per heavy atom. The molecule has 1 aliphatic rings. The van der Waals surface area contributed by atoms with Crippen molar-refractivity contribution in [2.24, 2.45) is 0 Å². The second-order valence-electron chi connectivity index (χ2n) is 4.01. The number of fused-ring (bicyclic) bond motifs is 1. The van der Waals surface area contributed by atoms with E-state index in [1.165, 1.54) is 0 Å². The van der Waals surface area contributed by atoms with E-state index >= 15 is 0 Å². The minimum Gasteiger partial charge on any atom is -0.471 e. The van der Waals surface area contributed by atoms with Gasteiger partial charge in [-0.15, -0.1) is 11.8 Å². The summed E-state index contributed by atoms with van der Waals surface area (Å²) in [5.74, 6) is 1.64. The number of nitrogens with zero attached hydrogens (tertiary/aromatic N) is 1. The number of nitrogens with two attached hydrogens (primary N) is 2. The van der Waals surface area contributed by atoms with Crippen LogP contribution < -0.4 is 16.2 Å². The maximum Gasteiger partial charge on any atom is 0.162 e. The van der Waals surface area contributed by atoms with Crippen molar-refractivity contribution in [1.82, 2.24) is 4.90 Å². The van der Waals surface area contributed by atoms with E-state index in [-0.39, 0.29) is 6.23 Å². The second kappa shape index (κ2) is 5.06. The molecular formula is C12H19N3OS. The van der Waals surface area contributed by atoms with Gasteiger partial charge in [0.25, 0.3) is 0 Å². The van der Waals surface area contributed by atoms with E-state index in [1.54, 1.807) is 17.8 Å². The van der Waals surface area contributed by atoms with Gasteiger partial charge in [-0.25, -0.2) is 0 Å². The summed E-state index contributed by atoms with van der Waals surface area (Å²) in [5, 5.41) is 0. The summed E-state index contributed by atoms with van der Waals surface area (Å²) in [6.45, 7) is 6.21. The smallest absolute Gasteiger partial charge is 0.162 e. The minimum absolute atomic E-state index is 0.0894. The van der Waals surface area contributed by atoms with E-state index in [0.717, 1.165) is 35.2 Å². The molecule has 4 N–H and O–H groups in total. The monoisotopic (exact) mass is 253 g/mol. The SMILES string of the molecule is CCN(CC)C1CSc2c(N)ccc(N)c2O1. The third-order valence-corrected chi connectivity index (χ3v) is 4.18. The van der Waals surface area contributed by atoms with Crippen LogP contribution in [0.1, 0.15) is 13.8 Å². The summed E-state index contributed by atoms with van der Waals surface area (Å²) < 4.78 is 5.99. The molecule has 0 spiro atoms. The van der Waals surface area contributed by atoms with Crippen LogP contribution in [0.3, 0.4) is 0 Å². The number of thioether (sulfide) groups is 1. The maximum atomic E-state index is 5.99. The average molecular weight is 253 g/mol. The molecule has 0 fully saturated rings. The third-order valence-electron chi connectivity index (χ3n) is 3.02. The Bertz CT molecular complexity index is 407. The van der Waals surface area contributed by atoms with Gasteiger partial charge in [0.15, 0.2) is 12.0 Å². The largest absolute Gasteiger partial charge is 0.471 e. The lowest BCUT2D eigenvalue weighted by Crippen LogP contribution is -2.42. The highest BCUT2D eigenvalue weighted by molar-refractivity contribution is 7.99. The Labute approximate surface area is 106 Å². The Morgan fingerprint density at radius 3 is 2.59 bits per heavy atom. The van der Waals surface area contributed by atoms with Crippen molar-refractivity contribution in [3.05, 3.63) is 12.1 Å². The van der Waals surface area contributed by atoms with Crippen molar-refractivity contribution < 1.29 is 4.74 Å². The van der Waals surface area contributed by atoms with E-state index in [0.29, 0.717) is 5.69 Å². The van der Waals surface area contributed by atoms with E-state index in [9.17, 15) is 0 Å². The van der Waals surface area contributed by atoms with Crippen LogP contribution in [0.15, 0.2) is 17.0 Å². The molecule has 1 atom stereocenters. The molecule has 0 aliphatic carbocycles. The number of nitrogen functional groups attached to an aromatic ring is 2. The highest BCUT2D eigenvalue weighted by Gasteiger charge is 2.27. The van der Waals surface area contributed by atoms with Gasteiger partial charge in [0.2, 0.25) is 0 Å².